The molecule has 1 atom stereocenters. The summed E-state index contributed by atoms with van der Waals surface area (Å²) in [6.45, 7) is 0.307. The van der Waals surface area contributed by atoms with E-state index < -0.39 is 16.4 Å². The summed E-state index contributed by atoms with van der Waals surface area (Å²) in [7, 11) is 0. The number of nitro groups is 1. The summed E-state index contributed by atoms with van der Waals surface area (Å²) in [4.78, 5) is 22.5. The van der Waals surface area contributed by atoms with Gasteiger partial charge in [-0.2, -0.15) is 0 Å². The Morgan fingerprint density at radius 1 is 1.36 bits per heavy atom. The first-order chi connectivity index (χ1) is 11.9. The van der Waals surface area contributed by atoms with Crippen LogP contribution in [0.4, 0.5) is 5.69 Å². The predicted octanol–water partition coefficient (Wildman–Crippen LogP) is 2.65. The van der Waals surface area contributed by atoms with E-state index >= 15 is 0 Å². The molecular formula is C17H15ClN2O5. The van der Waals surface area contributed by atoms with Gasteiger partial charge in [0.05, 0.1) is 28.7 Å². The van der Waals surface area contributed by atoms with Gasteiger partial charge in [-0.1, -0.05) is 29.8 Å². The quantitative estimate of drug-likeness (QED) is 0.643. The largest absolute Gasteiger partial charge is 0.493 e. The molecule has 0 aliphatic carbocycles. The number of ether oxygens (including phenoxy) is 1. The number of nitrogens with one attached hydrogen (secondary N) is 1. The molecule has 1 unspecified atom stereocenters. The number of benzene rings is 2. The van der Waals surface area contributed by atoms with Crippen molar-refractivity contribution >= 4 is 23.2 Å². The van der Waals surface area contributed by atoms with Gasteiger partial charge in [-0.25, -0.2) is 0 Å². The summed E-state index contributed by atoms with van der Waals surface area (Å²) in [5.41, 5.74) is -0.733. The number of hydrogen-bond donors (Lipinski definition) is 2. The zero-order chi connectivity index (χ0) is 18.0. The minimum atomic E-state index is -1.25. The third-order valence-electron chi connectivity index (χ3n) is 4.11. The SMILES string of the molecule is O=C(NCC1(O)CCOc2ccccc21)c1ccc([N+](=O)[O-])cc1Cl. The minimum Gasteiger partial charge on any atom is -0.493 e. The topological polar surface area (TPSA) is 102 Å². The van der Waals surface area contributed by atoms with Crippen LogP contribution < -0.4 is 10.1 Å². The van der Waals surface area contributed by atoms with Crippen LogP contribution in [-0.4, -0.2) is 29.1 Å². The maximum Gasteiger partial charge on any atom is 0.270 e. The summed E-state index contributed by atoms with van der Waals surface area (Å²) in [6, 6.07) is 10.7. The van der Waals surface area contributed by atoms with Gasteiger partial charge in [-0.15, -0.1) is 0 Å². The van der Waals surface area contributed by atoms with Crippen molar-refractivity contribution in [2.45, 2.75) is 12.0 Å². The molecule has 25 heavy (non-hydrogen) atoms. The van der Waals surface area contributed by atoms with E-state index in [2.05, 4.69) is 5.32 Å². The number of nitrogens with zero attached hydrogens (tertiary/aromatic N) is 1. The molecule has 1 heterocycles. The van der Waals surface area contributed by atoms with E-state index in [1.807, 2.05) is 0 Å². The van der Waals surface area contributed by atoms with Crippen LogP contribution in [0.3, 0.4) is 0 Å². The van der Waals surface area contributed by atoms with Gasteiger partial charge in [0, 0.05) is 24.1 Å². The molecule has 0 bridgehead atoms. The van der Waals surface area contributed by atoms with Crippen LogP contribution in [0.25, 0.3) is 0 Å². The first kappa shape index (κ1) is 17.2. The van der Waals surface area contributed by atoms with Crippen LogP contribution in [0.1, 0.15) is 22.3 Å². The number of nitro benzene ring substituents is 1. The van der Waals surface area contributed by atoms with Crippen LogP contribution in [0.2, 0.25) is 5.02 Å². The summed E-state index contributed by atoms with van der Waals surface area (Å²) >= 11 is 5.96. The lowest BCUT2D eigenvalue weighted by Gasteiger charge is -2.34. The Hall–Kier alpha value is -2.64. The molecule has 0 saturated carbocycles. The number of rotatable bonds is 4. The highest BCUT2D eigenvalue weighted by atomic mass is 35.5. The number of para-hydroxylation sites is 1. The van der Waals surface area contributed by atoms with Crippen LogP contribution in [-0.2, 0) is 5.60 Å². The lowest BCUT2D eigenvalue weighted by atomic mass is 9.88. The predicted molar refractivity (Wildman–Crippen MR) is 90.9 cm³/mol. The van der Waals surface area contributed by atoms with E-state index in [0.29, 0.717) is 24.3 Å². The van der Waals surface area contributed by atoms with E-state index in [1.54, 1.807) is 24.3 Å². The van der Waals surface area contributed by atoms with E-state index in [1.165, 1.54) is 12.1 Å². The number of non-ortho nitro benzene ring substituents is 1. The Labute approximate surface area is 148 Å². The van der Waals surface area contributed by atoms with Crippen molar-refractivity contribution in [1.82, 2.24) is 5.32 Å². The molecule has 0 radical (unpaired) electrons. The Kier molecular flexibility index (Phi) is 4.61. The molecule has 1 amide bonds. The van der Waals surface area contributed by atoms with Gasteiger partial charge in [0.1, 0.15) is 11.4 Å². The third-order valence-corrected chi connectivity index (χ3v) is 4.42. The number of fused-ring (bicyclic) bond motifs is 1. The molecule has 0 saturated heterocycles. The first-order valence-corrected chi connectivity index (χ1v) is 7.95. The average Bonchev–Trinajstić information content (AvgIpc) is 2.60. The molecule has 0 fully saturated rings. The second-order valence-electron chi connectivity index (χ2n) is 5.73. The molecule has 0 spiro atoms. The second kappa shape index (κ2) is 6.70. The van der Waals surface area contributed by atoms with Crippen LogP contribution in [0.5, 0.6) is 5.75 Å². The molecule has 130 valence electrons. The summed E-state index contributed by atoms with van der Waals surface area (Å²) < 4.78 is 5.51. The average molecular weight is 363 g/mol. The van der Waals surface area contributed by atoms with Crippen LogP contribution in [0.15, 0.2) is 42.5 Å². The number of carbonyl (C=O) groups is 1. The van der Waals surface area contributed by atoms with Gasteiger partial charge >= 0.3 is 0 Å². The van der Waals surface area contributed by atoms with E-state index in [-0.39, 0.29) is 22.8 Å². The van der Waals surface area contributed by atoms with Crippen LogP contribution in [0, 0.1) is 10.1 Å². The van der Waals surface area contributed by atoms with E-state index in [9.17, 15) is 20.0 Å². The number of hydrogen-bond acceptors (Lipinski definition) is 5. The molecular weight excluding hydrogens is 348 g/mol. The van der Waals surface area contributed by atoms with Crippen molar-refractivity contribution < 1.29 is 19.6 Å². The zero-order valence-electron chi connectivity index (χ0n) is 13.1. The number of halogens is 1. The smallest absolute Gasteiger partial charge is 0.270 e. The van der Waals surface area contributed by atoms with Gasteiger partial charge < -0.3 is 15.2 Å². The molecule has 2 aromatic carbocycles. The molecule has 1 aliphatic rings. The number of amides is 1. The standard InChI is InChI=1S/C17H15ClN2O5/c18-14-9-11(20(23)24)5-6-12(14)16(21)19-10-17(22)7-8-25-15-4-2-1-3-13(15)17/h1-6,9,22H,7-8,10H2,(H,19,21). The normalized spacial score (nSPS) is 18.8. The molecule has 2 N–H and O–H groups in total. The fourth-order valence-corrected chi connectivity index (χ4v) is 3.01. The fraction of sp³-hybridized carbons (Fsp3) is 0.235. The van der Waals surface area contributed by atoms with Gasteiger partial charge in [-0.3, -0.25) is 14.9 Å². The lowest BCUT2D eigenvalue weighted by Crippen LogP contribution is -2.44. The third kappa shape index (κ3) is 3.42. The first-order valence-electron chi connectivity index (χ1n) is 7.57. The molecule has 8 heteroatoms. The van der Waals surface area contributed by atoms with Crippen molar-refractivity contribution in [2.75, 3.05) is 13.2 Å². The minimum absolute atomic E-state index is 0.0222. The Balaban J connectivity index is 1.76. The molecule has 3 rings (SSSR count). The maximum absolute atomic E-state index is 12.3. The Morgan fingerprint density at radius 2 is 2.12 bits per heavy atom. The van der Waals surface area contributed by atoms with Crippen molar-refractivity contribution in [1.29, 1.82) is 0 Å². The number of carbonyl (C=O) groups excluding carboxylic acids is 1. The Bertz CT molecular complexity index is 842. The highest BCUT2D eigenvalue weighted by molar-refractivity contribution is 6.34. The lowest BCUT2D eigenvalue weighted by molar-refractivity contribution is -0.384. The van der Waals surface area contributed by atoms with Crippen molar-refractivity contribution in [3.05, 3.63) is 68.7 Å². The van der Waals surface area contributed by atoms with Crippen LogP contribution >= 0.6 is 11.6 Å². The van der Waals surface area contributed by atoms with Gasteiger partial charge in [0.2, 0.25) is 0 Å². The van der Waals surface area contributed by atoms with Crippen molar-refractivity contribution in [3.63, 3.8) is 0 Å². The Morgan fingerprint density at radius 3 is 2.84 bits per heavy atom. The van der Waals surface area contributed by atoms with Gasteiger partial charge in [0.15, 0.2) is 0 Å². The summed E-state index contributed by atoms with van der Waals surface area (Å²) in [5, 5.41) is 24.2. The highest BCUT2D eigenvalue weighted by Gasteiger charge is 2.36. The van der Waals surface area contributed by atoms with Gasteiger partial charge in [-0.05, 0) is 12.1 Å². The fourth-order valence-electron chi connectivity index (χ4n) is 2.75. The van der Waals surface area contributed by atoms with Crippen molar-refractivity contribution in [2.24, 2.45) is 0 Å². The molecule has 0 aromatic heterocycles. The summed E-state index contributed by atoms with van der Waals surface area (Å²) in [5.74, 6) is 0.0659. The monoisotopic (exact) mass is 362 g/mol. The van der Waals surface area contributed by atoms with E-state index in [0.717, 1.165) is 6.07 Å². The maximum atomic E-state index is 12.3. The summed E-state index contributed by atoms with van der Waals surface area (Å²) in [6.07, 6.45) is 0.332. The second-order valence-corrected chi connectivity index (χ2v) is 6.14. The zero-order valence-corrected chi connectivity index (χ0v) is 13.8. The van der Waals surface area contributed by atoms with Crippen molar-refractivity contribution in [3.8, 4) is 5.75 Å². The number of aliphatic hydroxyl groups is 1. The highest BCUT2D eigenvalue weighted by Crippen LogP contribution is 2.36. The van der Waals surface area contributed by atoms with E-state index in [4.69, 9.17) is 16.3 Å². The molecule has 7 nitrogen and oxygen atoms in total. The molecule has 2 aromatic rings. The molecule has 1 aliphatic heterocycles. The van der Waals surface area contributed by atoms with Gasteiger partial charge in [0.25, 0.3) is 11.6 Å².